The first-order valence-corrected chi connectivity index (χ1v) is 7.10. The van der Waals surface area contributed by atoms with Crippen molar-refractivity contribution in [3.05, 3.63) is 54.1 Å². The minimum absolute atomic E-state index is 0.715. The van der Waals surface area contributed by atoms with Crippen molar-refractivity contribution in [2.75, 3.05) is 11.9 Å². The molecular weight excluding hydrogens is 248 g/mol. The Morgan fingerprint density at radius 2 is 2.00 bits per heavy atom. The Morgan fingerprint density at radius 3 is 2.75 bits per heavy atom. The summed E-state index contributed by atoms with van der Waals surface area (Å²) in [4.78, 5) is 11.0. The molecule has 0 atom stereocenters. The second-order valence-corrected chi connectivity index (χ2v) is 5.34. The van der Waals surface area contributed by atoms with Crippen molar-refractivity contribution >= 4 is 5.69 Å². The summed E-state index contributed by atoms with van der Waals surface area (Å²) in [5.41, 5.74) is 3.35. The average Bonchev–Trinajstić information content (AvgIpc) is 3.31. The van der Waals surface area contributed by atoms with Gasteiger partial charge in [-0.2, -0.15) is 0 Å². The van der Waals surface area contributed by atoms with Gasteiger partial charge in [-0.25, -0.2) is 0 Å². The molecule has 4 heteroatoms. The van der Waals surface area contributed by atoms with Crippen LogP contribution in [0.4, 0.5) is 5.69 Å². The Labute approximate surface area is 119 Å². The molecule has 0 saturated heterocycles. The van der Waals surface area contributed by atoms with Crippen LogP contribution in [0, 0.1) is 0 Å². The zero-order valence-electron chi connectivity index (χ0n) is 11.8. The standard InChI is InChI=1S/C16H20N4/c1-20(12-14-4-2-3-8-17-14)16-7-9-18-15(10-16)11-19-13-5-6-13/h2-4,7-10,13,19H,5-6,11-12H2,1H3. The van der Waals surface area contributed by atoms with Gasteiger partial charge in [0.25, 0.3) is 0 Å². The Kier molecular flexibility index (Phi) is 3.92. The molecule has 2 heterocycles. The van der Waals surface area contributed by atoms with Crippen molar-refractivity contribution in [2.45, 2.75) is 32.0 Å². The Balaban J connectivity index is 1.64. The third-order valence-electron chi connectivity index (χ3n) is 3.52. The molecular formula is C16H20N4. The van der Waals surface area contributed by atoms with E-state index in [9.17, 15) is 0 Å². The molecule has 1 aliphatic carbocycles. The van der Waals surface area contributed by atoms with Crippen molar-refractivity contribution in [3.8, 4) is 0 Å². The first kappa shape index (κ1) is 13.1. The van der Waals surface area contributed by atoms with Crippen molar-refractivity contribution in [3.63, 3.8) is 0 Å². The maximum atomic E-state index is 4.42. The molecule has 2 aromatic heterocycles. The number of nitrogens with one attached hydrogen (secondary N) is 1. The fraction of sp³-hybridized carbons (Fsp3) is 0.375. The highest BCUT2D eigenvalue weighted by Crippen LogP contribution is 2.20. The lowest BCUT2D eigenvalue weighted by atomic mass is 10.2. The summed E-state index contributed by atoms with van der Waals surface area (Å²) in [5, 5.41) is 3.50. The second kappa shape index (κ2) is 6.01. The smallest absolute Gasteiger partial charge is 0.0598 e. The first-order valence-electron chi connectivity index (χ1n) is 7.10. The SMILES string of the molecule is CN(Cc1ccccn1)c1ccnc(CNC2CC2)c1. The van der Waals surface area contributed by atoms with Crippen molar-refractivity contribution < 1.29 is 0 Å². The number of aromatic nitrogens is 2. The summed E-state index contributed by atoms with van der Waals surface area (Å²) in [7, 11) is 2.09. The van der Waals surface area contributed by atoms with Crippen molar-refractivity contribution in [1.29, 1.82) is 0 Å². The van der Waals surface area contributed by atoms with Gasteiger partial charge in [-0.3, -0.25) is 9.97 Å². The third kappa shape index (κ3) is 3.54. The fourth-order valence-corrected chi connectivity index (χ4v) is 2.16. The van der Waals surface area contributed by atoms with Gasteiger partial charge in [0.15, 0.2) is 0 Å². The van der Waals surface area contributed by atoms with Crippen LogP contribution >= 0.6 is 0 Å². The molecule has 0 unspecified atom stereocenters. The Bertz CT molecular complexity index is 551. The highest BCUT2D eigenvalue weighted by atomic mass is 15.1. The van der Waals surface area contributed by atoms with Gasteiger partial charge in [0.1, 0.15) is 0 Å². The van der Waals surface area contributed by atoms with Gasteiger partial charge >= 0.3 is 0 Å². The lowest BCUT2D eigenvalue weighted by molar-refractivity contribution is 0.674. The van der Waals surface area contributed by atoms with Gasteiger partial charge < -0.3 is 10.2 Å². The summed E-state index contributed by atoms with van der Waals surface area (Å²) in [6, 6.07) is 10.9. The highest BCUT2D eigenvalue weighted by Gasteiger charge is 2.20. The average molecular weight is 268 g/mol. The Hall–Kier alpha value is -1.94. The number of rotatable bonds is 6. The fourth-order valence-electron chi connectivity index (χ4n) is 2.16. The van der Waals surface area contributed by atoms with E-state index in [4.69, 9.17) is 0 Å². The third-order valence-corrected chi connectivity index (χ3v) is 3.52. The molecule has 2 aromatic rings. The highest BCUT2D eigenvalue weighted by molar-refractivity contribution is 5.46. The minimum Gasteiger partial charge on any atom is -0.369 e. The molecule has 0 aromatic carbocycles. The summed E-state index contributed by atoms with van der Waals surface area (Å²) < 4.78 is 0. The van der Waals surface area contributed by atoms with E-state index < -0.39 is 0 Å². The molecule has 0 amide bonds. The van der Waals surface area contributed by atoms with E-state index in [0.29, 0.717) is 6.04 Å². The summed E-state index contributed by atoms with van der Waals surface area (Å²) in [6.07, 6.45) is 6.33. The van der Waals surface area contributed by atoms with E-state index in [1.807, 2.05) is 36.7 Å². The number of anilines is 1. The molecule has 3 rings (SSSR count). The second-order valence-electron chi connectivity index (χ2n) is 5.34. The Morgan fingerprint density at radius 1 is 1.15 bits per heavy atom. The van der Waals surface area contributed by atoms with Crippen LogP contribution in [0.1, 0.15) is 24.2 Å². The lowest BCUT2D eigenvalue weighted by Crippen LogP contribution is -2.19. The molecule has 0 aliphatic heterocycles. The number of pyridine rings is 2. The van der Waals surface area contributed by atoms with E-state index in [1.54, 1.807) is 0 Å². The van der Waals surface area contributed by atoms with Gasteiger partial charge in [0.2, 0.25) is 0 Å². The summed E-state index contributed by atoms with van der Waals surface area (Å²) >= 11 is 0. The largest absolute Gasteiger partial charge is 0.369 e. The number of hydrogen-bond donors (Lipinski definition) is 1. The molecule has 0 bridgehead atoms. The monoisotopic (exact) mass is 268 g/mol. The summed E-state index contributed by atoms with van der Waals surface area (Å²) in [5.74, 6) is 0. The molecule has 0 spiro atoms. The maximum absolute atomic E-state index is 4.42. The summed E-state index contributed by atoms with van der Waals surface area (Å²) in [6.45, 7) is 1.66. The minimum atomic E-state index is 0.715. The molecule has 1 aliphatic rings. The first-order chi connectivity index (χ1) is 9.81. The zero-order chi connectivity index (χ0) is 13.8. The van der Waals surface area contributed by atoms with Gasteiger partial charge in [0, 0.05) is 37.7 Å². The van der Waals surface area contributed by atoms with Crippen LogP contribution in [0.3, 0.4) is 0 Å². The van der Waals surface area contributed by atoms with Crippen molar-refractivity contribution in [1.82, 2.24) is 15.3 Å². The predicted molar refractivity (Wildman–Crippen MR) is 80.4 cm³/mol. The van der Waals surface area contributed by atoms with E-state index in [-0.39, 0.29) is 0 Å². The normalized spacial score (nSPS) is 14.2. The van der Waals surface area contributed by atoms with Crippen LogP contribution in [0.25, 0.3) is 0 Å². The van der Waals surface area contributed by atoms with Gasteiger partial charge in [-0.15, -0.1) is 0 Å². The maximum Gasteiger partial charge on any atom is 0.0598 e. The molecule has 104 valence electrons. The molecule has 4 nitrogen and oxygen atoms in total. The van der Waals surface area contributed by atoms with Gasteiger partial charge in [-0.1, -0.05) is 6.07 Å². The lowest BCUT2D eigenvalue weighted by Gasteiger charge is -2.19. The van der Waals surface area contributed by atoms with E-state index in [2.05, 4.69) is 33.3 Å². The van der Waals surface area contributed by atoms with Crippen LogP contribution in [0.5, 0.6) is 0 Å². The molecule has 1 saturated carbocycles. The molecule has 1 fully saturated rings. The van der Waals surface area contributed by atoms with Crippen molar-refractivity contribution in [2.24, 2.45) is 0 Å². The van der Waals surface area contributed by atoms with Gasteiger partial charge in [-0.05, 0) is 37.1 Å². The molecule has 1 N–H and O–H groups in total. The van der Waals surface area contributed by atoms with E-state index >= 15 is 0 Å². The van der Waals surface area contributed by atoms with Crippen LogP contribution in [0.2, 0.25) is 0 Å². The molecule has 20 heavy (non-hydrogen) atoms. The van der Waals surface area contributed by atoms with Crippen LogP contribution in [-0.2, 0) is 13.1 Å². The number of nitrogens with zero attached hydrogens (tertiary/aromatic N) is 3. The van der Waals surface area contributed by atoms with Crippen LogP contribution < -0.4 is 10.2 Å². The van der Waals surface area contributed by atoms with E-state index in [1.165, 1.54) is 18.5 Å². The molecule has 0 radical (unpaired) electrons. The van der Waals surface area contributed by atoms with Crippen LogP contribution in [0.15, 0.2) is 42.7 Å². The van der Waals surface area contributed by atoms with E-state index in [0.717, 1.165) is 24.5 Å². The zero-order valence-corrected chi connectivity index (χ0v) is 11.8. The number of hydrogen-bond acceptors (Lipinski definition) is 4. The van der Waals surface area contributed by atoms with Gasteiger partial charge in [0.05, 0.1) is 17.9 Å². The van der Waals surface area contributed by atoms with Crippen LogP contribution in [-0.4, -0.2) is 23.1 Å². The topological polar surface area (TPSA) is 41.1 Å². The predicted octanol–water partition coefficient (Wildman–Crippen LogP) is 2.37. The quantitative estimate of drug-likeness (QED) is 0.873.